The molecule has 1 aromatic heterocycles. The monoisotopic (exact) mass is 296 g/mol. The number of anilines is 2. The van der Waals surface area contributed by atoms with E-state index in [0.717, 1.165) is 0 Å². The van der Waals surface area contributed by atoms with E-state index < -0.39 is 0 Å². The average Bonchev–Trinajstić information content (AvgIpc) is 2.41. The van der Waals surface area contributed by atoms with E-state index in [-0.39, 0.29) is 5.91 Å². The molecule has 0 unspecified atom stereocenters. The van der Waals surface area contributed by atoms with Crippen LogP contribution in [0.5, 0.6) is 0 Å². The lowest BCUT2D eigenvalue weighted by molar-refractivity contribution is 0.102. The lowest BCUT2D eigenvalue weighted by Crippen LogP contribution is -2.17. The first-order valence-electron chi connectivity index (χ1n) is 5.29. The van der Waals surface area contributed by atoms with E-state index >= 15 is 0 Å². The maximum atomic E-state index is 12.1. The van der Waals surface area contributed by atoms with Gasteiger partial charge in [0.1, 0.15) is 0 Å². The Morgan fingerprint density at radius 1 is 1.21 bits per heavy atom. The number of pyridine rings is 1. The first-order chi connectivity index (χ1) is 9.11. The fourth-order valence-corrected chi connectivity index (χ4v) is 1.94. The number of aromatic nitrogens is 1. The van der Waals surface area contributed by atoms with E-state index in [1.165, 1.54) is 12.4 Å². The number of benzene rings is 1. The molecule has 98 valence electrons. The van der Waals surface area contributed by atoms with Crippen molar-refractivity contribution in [1.82, 2.24) is 4.98 Å². The number of nitrogen functional groups attached to an aromatic ring is 1. The van der Waals surface area contributed by atoms with Crippen molar-refractivity contribution in [3.8, 4) is 0 Å². The van der Waals surface area contributed by atoms with Crippen LogP contribution in [0.2, 0.25) is 10.0 Å². The molecule has 1 aromatic carbocycles. The highest BCUT2D eigenvalue weighted by Crippen LogP contribution is 2.26. The van der Waals surface area contributed by atoms with Gasteiger partial charge in [-0.05, 0) is 24.3 Å². The maximum absolute atomic E-state index is 12.1. The molecule has 0 radical (unpaired) electrons. The number of nitrogens with zero attached hydrogens (tertiary/aromatic N) is 1. The third-order valence-corrected chi connectivity index (χ3v) is 2.95. The van der Waals surface area contributed by atoms with E-state index in [9.17, 15) is 4.79 Å². The van der Waals surface area contributed by atoms with Crippen LogP contribution in [0.1, 0.15) is 10.4 Å². The number of halogens is 2. The lowest BCUT2D eigenvalue weighted by atomic mass is 10.2. The molecule has 0 spiro atoms. The van der Waals surface area contributed by atoms with Crippen molar-refractivity contribution in [1.29, 1.82) is 0 Å². The summed E-state index contributed by atoms with van der Waals surface area (Å²) >= 11 is 11.8. The van der Waals surface area contributed by atoms with Gasteiger partial charge in [0.25, 0.3) is 5.91 Å². The third kappa shape index (κ3) is 3.14. The summed E-state index contributed by atoms with van der Waals surface area (Å²) in [6, 6.07) is 6.39. The Bertz CT molecular complexity index is 618. The summed E-state index contributed by atoms with van der Waals surface area (Å²) in [5.41, 5.74) is 3.68. The number of hydrogen-bond donors (Lipinski definition) is 3. The van der Waals surface area contributed by atoms with Crippen LogP contribution in [-0.2, 0) is 0 Å². The quantitative estimate of drug-likeness (QED) is 0.601. The minimum Gasteiger partial charge on any atom is -0.323 e. The molecular formula is C12H10Cl2N4O. The van der Waals surface area contributed by atoms with Crippen molar-refractivity contribution in [3.63, 3.8) is 0 Å². The Labute approximate surface area is 119 Å². The fraction of sp³-hybridized carbons (Fsp3) is 0. The molecule has 0 aliphatic rings. The predicted molar refractivity (Wildman–Crippen MR) is 76.5 cm³/mol. The van der Waals surface area contributed by atoms with Gasteiger partial charge in [-0.2, -0.15) is 0 Å². The van der Waals surface area contributed by atoms with Gasteiger partial charge in [-0.1, -0.05) is 23.2 Å². The number of hydrogen-bond acceptors (Lipinski definition) is 4. The molecular weight excluding hydrogens is 287 g/mol. The highest BCUT2D eigenvalue weighted by atomic mass is 35.5. The van der Waals surface area contributed by atoms with Crippen molar-refractivity contribution >= 4 is 40.5 Å². The van der Waals surface area contributed by atoms with Crippen molar-refractivity contribution < 1.29 is 4.79 Å². The molecule has 2 aromatic rings. The van der Waals surface area contributed by atoms with Crippen LogP contribution in [0.3, 0.4) is 0 Å². The average molecular weight is 297 g/mol. The zero-order chi connectivity index (χ0) is 13.8. The van der Waals surface area contributed by atoms with Gasteiger partial charge in [-0.25, -0.2) is 0 Å². The van der Waals surface area contributed by atoms with E-state index in [2.05, 4.69) is 15.7 Å². The topological polar surface area (TPSA) is 80.0 Å². The van der Waals surface area contributed by atoms with Gasteiger partial charge >= 0.3 is 0 Å². The van der Waals surface area contributed by atoms with E-state index in [1.54, 1.807) is 24.3 Å². The van der Waals surface area contributed by atoms with Gasteiger partial charge in [0, 0.05) is 17.4 Å². The summed E-state index contributed by atoms with van der Waals surface area (Å²) < 4.78 is 0. The summed E-state index contributed by atoms with van der Waals surface area (Å²) in [6.07, 6.45) is 2.94. The number of carbonyl (C=O) groups is 1. The molecule has 0 saturated heterocycles. The Balaban J connectivity index is 2.26. The van der Waals surface area contributed by atoms with Crippen molar-refractivity contribution in [3.05, 3.63) is 52.3 Å². The van der Waals surface area contributed by atoms with Crippen molar-refractivity contribution in [2.45, 2.75) is 0 Å². The number of amides is 1. The van der Waals surface area contributed by atoms with Crippen LogP contribution in [0, 0.1) is 0 Å². The molecule has 19 heavy (non-hydrogen) atoms. The number of nitrogens with one attached hydrogen (secondary N) is 2. The minimum atomic E-state index is -0.370. The van der Waals surface area contributed by atoms with Crippen LogP contribution >= 0.6 is 23.2 Å². The first-order valence-corrected chi connectivity index (χ1v) is 6.04. The summed E-state index contributed by atoms with van der Waals surface area (Å²) in [4.78, 5) is 16.0. The molecule has 0 aliphatic carbocycles. The summed E-state index contributed by atoms with van der Waals surface area (Å²) in [5, 5.41) is 3.51. The van der Waals surface area contributed by atoms with E-state index in [4.69, 9.17) is 29.0 Å². The Hall–Kier alpha value is -1.82. The number of hydrazine groups is 1. The zero-order valence-corrected chi connectivity index (χ0v) is 11.2. The molecule has 1 heterocycles. The maximum Gasteiger partial charge on any atom is 0.259 e. The van der Waals surface area contributed by atoms with Gasteiger partial charge in [0.15, 0.2) is 0 Å². The van der Waals surface area contributed by atoms with Crippen LogP contribution in [-0.4, -0.2) is 10.9 Å². The van der Waals surface area contributed by atoms with E-state index in [1.807, 2.05) is 0 Å². The molecule has 5 nitrogen and oxygen atoms in total. The second-order valence-electron chi connectivity index (χ2n) is 3.64. The molecule has 0 saturated carbocycles. The highest BCUT2D eigenvalue weighted by molar-refractivity contribution is 6.36. The highest BCUT2D eigenvalue weighted by Gasteiger charge is 2.12. The Morgan fingerprint density at radius 3 is 2.68 bits per heavy atom. The van der Waals surface area contributed by atoms with E-state index in [0.29, 0.717) is 27.0 Å². The second-order valence-corrected chi connectivity index (χ2v) is 4.49. The fourth-order valence-electron chi connectivity index (χ4n) is 1.48. The zero-order valence-electron chi connectivity index (χ0n) is 9.65. The Kier molecular flexibility index (Phi) is 4.21. The van der Waals surface area contributed by atoms with Crippen LogP contribution in [0.25, 0.3) is 0 Å². The first kappa shape index (κ1) is 13.6. The summed E-state index contributed by atoms with van der Waals surface area (Å²) in [5.74, 6) is 4.96. The molecule has 0 aliphatic heterocycles. The molecule has 4 N–H and O–H groups in total. The summed E-state index contributed by atoms with van der Waals surface area (Å²) in [6.45, 7) is 0. The summed E-state index contributed by atoms with van der Waals surface area (Å²) in [7, 11) is 0. The second kappa shape index (κ2) is 5.88. The molecule has 2 rings (SSSR count). The minimum absolute atomic E-state index is 0.316. The number of carbonyl (C=O) groups excluding carboxylic acids is 1. The van der Waals surface area contributed by atoms with Gasteiger partial charge in [0.2, 0.25) is 0 Å². The Morgan fingerprint density at radius 2 is 2.00 bits per heavy atom. The normalized spacial score (nSPS) is 10.1. The molecule has 0 fully saturated rings. The van der Waals surface area contributed by atoms with Crippen molar-refractivity contribution in [2.24, 2.45) is 5.84 Å². The lowest BCUT2D eigenvalue weighted by Gasteiger charge is -2.10. The standard InChI is InChI=1S/C12H10Cl2N4O/c13-7-1-2-11(9(14)5-7)17-12(19)8-6-16-4-3-10(8)18-15/h1-6H,15H2,(H,16,18)(H,17,19). The molecule has 7 heteroatoms. The predicted octanol–water partition coefficient (Wildman–Crippen LogP) is 2.93. The van der Waals surface area contributed by atoms with Crippen LogP contribution < -0.4 is 16.6 Å². The number of rotatable bonds is 3. The van der Waals surface area contributed by atoms with Crippen LogP contribution in [0.4, 0.5) is 11.4 Å². The van der Waals surface area contributed by atoms with Gasteiger partial charge in [0.05, 0.1) is 22.0 Å². The van der Waals surface area contributed by atoms with Gasteiger partial charge in [-0.15, -0.1) is 0 Å². The molecule has 1 amide bonds. The third-order valence-electron chi connectivity index (χ3n) is 2.40. The largest absolute Gasteiger partial charge is 0.323 e. The SMILES string of the molecule is NNc1ccncc1C(=O)Nc1ccc(Cl)cc1Cl. The molecule has 0 bridgehead atoms. The van der Waals surface area contributed by atoms with Crippen molar-refractivity contribution in [2.75, 3.05) is 10.7 Å². The van der Waals surface area contributed by atoms with Crippen LogP contribution in [0.15, 0.2) is 36.7 Å². The van der Waals surface area contributed by atoms with Gasteiger partial charge in [-0.3, -0.25) is 15.6 Å². The number of nitrogens with two attached hydrogens (primary N) is 1. The van der Waals surface area contributed by atoms with Gasteiger partial charge < -0.3 is 10.7 Å². The smallest absolute Gasteiger partial charge is 0.259 e. The molecule has 0 atom stereocenters.